The first kappa shape index (κ1) is 15.2. The van der Waals surface area contributed by atoms with Crippen LogP contribution in [0.25, 0.3) is 0 Å². The molecule has 1 aromatic heterocycles. The number of pyridine rings is 1. The summed E-state index contributed by atoms with van der Waals surface area (Å²) in [4.78, 5) is 16.4. The highest BCUT2D eigenvalue weighted by Crippen LogP contribution is 2.23. The minimum Gasteiger partial charge on any atom is -0.320 e. The lowest BCUT2D eigenvalue weighted by atomic mass is 10.2. The topological polar surface area (TPSA) is 67.3 Å². The Kier molecular flexibility index (Phi) is 4.28. The number of carbonyl (C=O) groups excluding carboxylic acids is 1. The highest BCUT2D eigenvalue weighted by molar-refractivity contribution is 8.00. The summed E-state index contributed by atoms with van der Waals surface area (Å²) in [5, 5.41) is -1.02. The third-order valence-electron chi connectivity index (χ3n) is 2.92. The molecule has 1 aliphatic heterocycles. The maximum absolute atomic E-state index is 13.6. The van der Waals surface area contributed by atoms with Gasteiger partial charge in [-0.05, 0) is 6.07 Å². The van der Waals surface area contributed by atoms with E-state index in [4.69, 9.17) is 0 Å². The fourth-order valence-electron chi connectivity index (χ4n) is 1.91. The lowest BCUT2D eigenvalue weighted by molar-refractivity contribution is 0.0743. The van der Waals surface area contributed by atoms with Gasteiger partial charge in [-0.15, -0.1) is 0 Å². The summed E-state index contributed by atoms with van der Waals surface area (Å²) in [6.07, 6.45) is 1.99. The van der Waals surface area contributed by atoms with E-state index < -0.39 is 38.4 Å². The maximum atomic E-state index is 13.6. The Morgan fingerprint density at radius 1 is 1.50 bits per heavy atom. The standard InChI is InChI=1S/C11H12F2N2O3S2/c1-20(17,18)8-6-19-5-4-15(8)11(16)7-2-3-14-10(13)9(7)12/h2-3,8H,4-6H2,1H3. The predicted octanol–water partition coefficient (Wildman–Crippen LogP) is 0.919. The molecule has 0 spiro atoms. The molecular weight excluding hydrogens is 310 g/mol. The second-order valence-electron chi connectivity index (χ2n) is 4.32. The van der Waals surface area contributed by atoms with Gasteiger partial charge in [0.2, 0.25) is 5.95 Å². The molecule has 9 heteroatoms. The van der Waals surface area contributed by atoms with Crippen molar-refractivity contribution >= 4 is 27.5 Å². The Balaban J connectivity index is 2.38. The molecule has 2 rings (SSSR count). The first-order valence-corrected chi connectivity index (χ1v) is 8.81. The first-order valence-electron chi connectivity index (χ1n) is 5.70. The summed E-state index contributed by atoms with van der Waals surface area (Å²) in [5.74, 6) is -2.80. The zero-order chi connectivity index (χ0) is 14.9. The average molecular weight is 322 g/mol. The lowest BCUT2D eigenvalue weighted by Crippen LogP contribution is -2.50. The Morgan fingerprint density at radius 2 is 2.20 bits per heavy atom. The SMILES string of the molecule is CS(=O)(=O)C1CSCCN1C(=O)c1ccnc(F)c1F. The van der Waals surface area contributed by atoms with E-state index in [0.717, 1.165) is 23.4 Å². The van der Waals surface area contributed by atoms with E-state index in [0.29, 0.717) is 5.75 Å². The molecule has 0 aromatic carbocycles. The molecule has 110 valence electrons. The molecule has 0 saturated carbocycles. The molecule has 0 aliphatic carbocycles. The average Bonchev–Trinajstić information content (AvgIpc) is 2.40. The summed E-state index contributed by atoms with van der Waals surface area (Å²) in [6, 6.07) is 1.04. The smallest absolute Gasteiger partial charge is 0.258 e. The molecule has 1 aliphatic rings. The van der Waals surface area contributed by atoms with Crippen LogP contribution >= 0.6 is 11.8 Å². The van der Waals surface area contributed by atoms with Gasteiger partial charge in [-0.2, -0.15) is 16.2 Å². The van der Waals surface area contributed by atoms with Gasteiger partial charge in [0.25, 0.3) is 5.91 Å². The highest BCUT2D eigenvalue weighted by Gasteiger charge is 2.35. The van der Waals surface area contributed by atoms with Crippen molar-refractivity contribution in [2.24, 2.45) is 0 Å². The zero-order valence-corrected chi connectivity index (χ0v) is 12.2. The predicted molar refractivity (Wildman–Crippen MR) is 71.1 cm³/mol. The summed E-state index contributed by atoms with van der Waals surface area (Å²) in [5.41, 5.74) is -0.502. The molecule has 0 radical (unpaired) electrons. The fraction of sp³-hybridized carbons (Fsp3) is 0.455. The van der Waals surface area contributed by atoms with Crippen molar-refractivity contribution in [1.82, 2.24) is 9.88 Å². The third kappa shape index (κ3) is 2.93. The Labute approximate surface area is 119 Å². The van der Waals surface area contributed by atoms with Crippen LogP contribution < -0.4 is 0 Å². The summed E-state index contributed by atoms with van der Waals surface area (Å²) >= 11 is 1.40. The molecule has 20 heavy (non-hydrogen) atoms. The summed E-state index contributed by atoms with van der Waals surface area (Å²) < 4.78 is 50.0. The number of nitrogens with zero attached hydrogens (tertiary/aromatic N) is 2. The molecule has 0 bridgehead atoms. The molecule has 1 atom stereocenters. The van der Waals surface area contributed by atoms with E-state index in [1.54, 1.807) is 0 Å². The molecule has 1 unspecified atom stereocenters. The van der Waals surface area contributed by atoms with E-state index in [-0.39, 0.29) is 12.3 Å². The lowest BCUT2D eigenvalue weighted by Gasteiger charge is -2.34. The van der Waals surface area contributed by atoms with Crippen molar-refractivity contribution in [2.75, 3.05) is 24.3 Å². The van der Waals surface area contributed by atoms with Gasteiger partial charge in [-0.3, -0.25) is 4.79 Å². The van der Waals surface area contributed by atoms with Gasteiger partial charge in [0.15, 0.2) is 15.7 Å². The minimum atomic E-state index is -3.50. The number of carbonyl (C=O) groups is 1. The number of hydrogen-bond donors (Lipinski definition) is 0. The van der Waals surface area contributed by atoms with Gasteiger partial charge >= 0.3 is 0 Å². The van der Waals surface area contributed by atoms with Gasteiger partial charge in [-0.25, -0.2) is 17.8 Å². The molecule has 1 amide bonds. The van der Waals surface area contributed by atoms with Crippen LogP contribution in [0.15, 0.2) is 12.3 Å². The number of amides is 1. The number of thioether (sulfide) groups is 1. The van der Waals surface area contributed by atoms with Crippen LogP contribution in [0.3, 0.4) is 0 Å². The summed E-state index contributed by atoms with van der Waals surface area (Å²) in [7, 11) is -3.50. The van der Waals surface area contributed by atoms with Crippen molar-refractivity contribution in [3.05, 3.63) is 29.6 Å². The molecular formula is C11H12F2N2O3S2. The Hall–Kier alpha value is -1.22. The van der Waals surface area contributed by atoms with Crippen molar-refractivity contribution < 1.29 is 22.0 Å². The molecule has 1 saturated heterocycles. The highest BCUT2D eigenvalue weighted by atomic mass is 32.2. The van der Waals surface area contributed by atoms with E-state index >= 15 is 0 Å². The number of sulfone groups is 1. The first-order chi connectivity index (χ1) is 9.32. The monoisotopic (exact) mass is 322 g/mol. The third-order valence-corrected chi connectivity index (χ3v) is 5.56. The molecule has 2 heterocycles. The maximum Gasteiger partial charge on any atom is 0.258 e. The minimum absolute atomic E-state index is 0.171. The Bertz CT molecular complexity index is 637. The van der Waals surface area contributed by atoms with Crippen LogP contribution in [0, 0.1) is 11.8 Å². The zero-order valence-electron chi connectivity index (χ0n) is 10.5. The van der Waals surface area contributed by atoms with Crippen LogP contribution in [0.1, 0.15) is 10.4 Å². The molecule has 1 aromatic rings. The van der Waals surface area contributed by atoms with Gasteiger partial charge in [0.1, 0.15) is 5.37 Å². The number of hydrogen-bond acceptors (Lipinski definition) is 5. The number of rotatable bonds is 2. The largest absolute Gasteiger partial charge is 0.320 e. The van der Waals surface area contributed by atoms with Crippen LogP contribution in [0.5, 0.6) is 0 Å². The second kappa shape index (κ2) is 5.65. The van der Waals surface area contributed by atoms with E-state index in [1.165, 1.54) is 11.8 Å². The second-order valence-corrected chi connectivity index (χ2v) is 7.67. The van der Waals surface area contributed by atoms with E-state index in [9.17, 15) is 22.0 Å². The van der Waals surface area contributed by atoms with Crippen LogP contribution in [-0.2, 0) is 9.84 Å². The van der Waals surface area contributed by atoms with Crippen molar-refractivity contribution in [1.29, 1.82) is 0 Å². The number of halogens is 2. The molecule has 5 nitrogen and oxygen atoms in total. The number of aromatic nitrogens is 1. The normalized spacial score (nSPS) is 19.9. The van der Waals surface area contributed by atoms with Gasteiger partial charge in [0.05, 0.1) is 5.56 Å². The van der Waals surface area contributed by atoms with Gasteiger partial charge in [-0.1, -0.05) is 0 Å². The van der Waals surface area contributed by atoms with Gasteiger partial charge < -0.3 is 4.90 Å². The van der Waals surface area contributed by atoms with Crippen LogP contribution in [0.2, 0.25) is 0 Å². The van der Waals surface area contributed by atoms with Gasteiger partial charge in [0, 0.05) is 30.5 Å². The van der Waals surface area contributed by atoms with Crippen molar-refractivity contribution in [2.45, 2.75) is 5.37 Å². The van der Waals surface area contributed by atoms with E-state index in [1.807, 2.05) is 0 Å². The van der Waals surface area contributed by atoms with Crippen LogP contribution in [-0.4, -0.2) is 53.9 Å². The van der Waals surface area contributed by atoms with Crippen molar-refractivity contribution in [3.8, 4) is 0 Å². The quantitative estimate of drug-likeness (QED) is 0.758. The van der Waals surface area contributed by atoms with E-state index in [2.05, 4.69) is 4.98 Å². The summed E-state index contributed by atoms with van der Waals surface area (Å²) in [6.45, 7) is 0.171. The Morgan fingerprint density at radius 3 is 2.85 bits per heavy atom. The van der Waals surface area contributed by atoms with Crippen molar-refractivity contribution in [3.63, 3.8) is 0 Å². The molecule has 1 fully saturated rings. The fourth-order valence-corrected chi connectivity index (χ4v) is 4.72. The molecule has 0 N–H and O–H groups in total. The van der Waals surface area contributed by atoms with Crippen LogP contribution in [0.4, 0.5) is 8.78 Å².